The number of thioether (sulfide) groups is 2. The van der Waals surface area contributed by atoms with E-state index in [9.17, 15) is 38.7 Å². The van der Waals surface area contributed by atoms with Crippen LogP contribution in [0.15, 0.2) is 30.3 Å². The third kappa shape index (κ3) is 13.2. The van der Waals surface area contributed by atoms with E-state index in [1.807, 2.05) is 6.26 Å². The molecule has 15 nitrogen and oxygen atoms in total. The first-order chi connectivity index (χ1) is 24.7. The van der Waals surface area contributed by atoms with Gasteiger partial charge in [0.25, 0.3) is 5.91 Å². The maximum atomic E-state index is 14.2. The molecule has 7 amide bonds. The van der Waals surface area contributed by atoms with Gasteiger partial charge in [-0.3, -0.25) is 33.6 Å². The molecule has 1 aromatic rings. The number of benzene rings is 1. The molecule has 17 heteroatoms. The van der Waals surface area contributed by atoms with Crippen molar-refractivity contribution in [2.75, 3.05) is 17.9 Å². The van der Waals surface area contributed by atoms with Crippen LogP contribution in [0.4, 0.5) is 0 Å². The van der Waals surface area contributed by atoms with E-state index >= 15 is 0 Å². The summed E-state index contributed by atoms with van der Waals surface area (Å²) in [6.07, 6.45) is 0.396. The number of nitrogens with zero attached hydrogens (tertiary/aromatic N) is 1. The van der Waals surface area contributed by atoms with E-state index in [0.29, 0.717) is 17.7 Å². The number of hydrogen-bond donors (Lipinski definition) is 7. The molecule has 296 valence electrons. The number of primary amides is 1. The van der Waals surface area contributed by atoms with Gasteiger partial charge < -0.3 is 42.3 Å². The summed E-state index contributed by atoms with van der Waals surface area (Å²) in [5.74, 6) is -4.59. The zero-order chi connectivity index (χ0) is 40.2. The van der Waals surface area contributed by atoms with Gasteiger partial charge in [0, 0.05) is 11.7 Å². The first kappa shape index (κ1) is 45.3. The zero-order valence-corrected chi connectivity index (χ0v) is 33.7. The molecule has 0 aromatic heterocycles. The molecule has 0 radical (unpaired) electrons. The lowest BCUT2D eigenvalue weighted by molar-refractivity contribution is -0.148. The molecule has 1 heterocycles. The van der Waals surface area contributed by atoms with Crippen LogP contribution in [-0.2, 0) is 40.0 Å². The number of carbonyl (C=O) groups is 7. The molecule has 8 N–H and O–H groups in total. The lowest BCUT2D eigenvalue weighted by Gasteiger charge is -2.35. The number of nitrogens with two attached hydrogens (primary N) is 1. The second-order valence-electron chi connectivity index (χ2n) is 14.5. The molecule has 0 aliphatic carbocycles. The molecule has 2 rings (SSSR count). The highest BCUT2D eigenvalue weighted by Gasteiger charge is 2.50. The minimum Gasteiger partial charge on any atom is -0.381 e. The van der Waals surface area contributed by atoms with Crippen molar-refractivity contribution in [3.63, 3.8) is 0 Å². The number of aliphatic hydroxyl groups excluding tert-OH is 1. The molecule has 7 atom stereocenters. The van der Waals surface area contributed by atoms with E-state index in [-0.39, 0.29) is 12.3 Å². The van der Waals surface area contributed by atoms with E-state index in [1.54, 1.807) is 71.9 Å². The van der Waals surface area contributed by atoms with Crippen molar-refractivity contribution in [1.29, 1.82) is 0 Å². The van der Waals surface area contributed by atoms with E-state index < -0.39 is 100 Å². The molecule has 1 aromatic carbocycles. The van der Waals surface area contributed by atoms with Crippen molar-refractivity contribution in [2.24, 2.45) is 17.6 Å². The highest BCUT2D eigenvalue weighted by molar-refractivity contribution is 8.00. The maximum Gasteiger partial charge on any atom is 0.254 e. The fourth-order valence-electron chi connectivity index (χ4n) is 5.87. The minimum absolute atomic E-state index is 0.0367. The number of amides is 7. The molecule has 0 spiro atoms. The van der Waals surface area contributed by atoms with Gasteiger partial charge in [0.15, 0.2) is 6.10 Å². The van der Waals surface area contributed by atoms with Crippen LogP contribution in [0, 0.1) is 11.8 Å². The second kappa shape index (κ2) is 20.6. The average Bonchev–Trinajstić information content (AvgIpc) is 3.40. The van der Waals surface area contributed by atoms with Gasteiger partial charge in [-0.15, -0.1) is 11.8 Å². The number of aliphatic hydroxyl groups is 1. The quantitative estimate of drug-likeness (QED) is 0.102. The normalized spacial score (nSPS) is 18.6. The van der Waals surface area contributed by atoms with Crippen molar-refractivity contribution in [3.8, 4) is 0 Å². The second-order valence-corrected chi connectivity index (χ2v) is 17.0. The Bertz CT molecular complexity index is 1460. The number of rotatable bonds is 19. The monoisotopic (exact) mass is 779 g/mol. The third-order valence-corrected chi connectivity index (χ3v) is 10.9. The Morgan fingerprint density at radius 1 is 0.887 bits per heavy atom. The maximum absolute atomic E-state index is 14.2. The molecule has 0 saturated carbocycles. The van der Waals surface area contributed by atoms with Gasteiger partial charge in [0.1, 0.15) is 30.2 Å². The van der Waals surface area contributed by atoms with Crippen molar-refractivity contribution >= 4 is 64.9 Å². The number of hydrogen-bond acceptors (Lipinski definition) is 10. The summed E-state index contributed by atoms with van der Waals surface area (Å²) in [5, 5.41) is 25.0. The predicted molar refractivity (Wildman–Crippen MR) is 206 cm³/mol. The van der Waals surface area contributed by atoms with Gasteiger partial charge in [-0.05, 0) is 63.0 Å². The molecule has 1 saturated heterocycles. The SMILES string of the molecule is CSCC[C@H](NC(=O)[C@@H](NC(=O)[C@H]1N(C(=O)[C@@H](O)[C@H](Cc2ccccc2)NC(=O)[C@@H](NC(=O)[C@H](C)NC(C)=O)C(C)C)CSC1(C)C)C(C)C)C(N)=O. The molecule has 0 unspecified atom stereocenters. The summed E-state index contributed by atoms with van der Waals surface area (Å²) in [6, 6.07) is 2.61. The summed E-state index contributed by atoms with van der Waals surface area (Å²) in [6.45, 7) is 13.2. The molecule has 1 fully saturated rings. The van der Waals surface area contributed by atoms with Crippen LogP contribution in [-0.4, -0.2) is 116 Å². The predicted octanol–water partition coefficient (Wildman–Crippen LogP) is 0.284. The number of carbonyl (C=O) groups excluding carboxylic acids is 7. The first-order valence-corrected chi connectivity index (χ1v) is 20.0. The van der Waals surface area contributed by atoms with Crippen LogP contribution in [0.3, 0.4) is 0 Å². The van der Waals surface area contributed by atoms with Crippen LogP contribution in [0.1, 0.15) is 67.4 Å². The van der Waals surface area contributed by atoms with Gasteiger partial charge in [-0.2, -0.15) is 11.8 Å². The summed E-state index contributed by atoms with van der Waals surface area (Å²) in [7, 11) is 0. The zero-order valence-electron chi connectivity index (χ0n) is 32.1. The standard InChI is InChI=1S/C36H57N7O8S2/c1-19(2)26(41-31(47)21(5)38-22(6)44)33(49)40-25(17-23-13-11-10-12-14-23)28(45)35(51)43-18-53-36(7,8)29(43)34(50)42-27(20(3)4)32(48)39-24(30(37)46)15-16-52-9/h10-14,19-21,24-29,45H,15-18H2,1-9H3,(H2,37,46)(H,38,44)(H,39,48)(H,40,49)(H,41,47)(H,42,50)/t21-,24-,25-,26-,27-,28-,29+/m0/s1. The topological polar surface area (TPSA) is 229 Å². The fraction of sp³-hybridized carbons (Fsp3) is 0.639. The van der Waals surface area contributed by atoms with Crippen LogP contribution < -0.4 is 32.3 Å². The van der Waals surface area contributed by atoms with Gasteiger partial charge in [-0.25, -0.2) is 0 Å². The molecule has 1 aliphatic heterocycles. The Kier molecular flexibility index (Phi) is 17.6. The highest BCUT2D eigenvalue weighted by Crippen LogP contribution is 2.40. The van der Waals surface area contributed by atoms with Gasteiger partial charge in [-0.1, -0.05) is 58.0 Å². The van der Waals surface area contributed by atoms with Crippen molar-refractivity contribution in [2.45, 2.75) is 115 Å². The van der Waals surface area contributed by atoms with E-state index in [4.69, 9.17) is 5.73 Å². The van der Waals surface area contributed by atoms with E-state index in [1.165, 1.54) is 42.3 Å². The van der Waals surface area contributed by atoms with Crippen LogP contribution in [0.25, 0.3) is 0 Å². The van der Waals surface area contributed by atoms with Crippen molar-refractivity contribution in [3.05, 3.63) is 35.9 Å². The highest BCUT2D eigenvalue weighted by atomic mass is 32.2. The molecular weight excluding hydrogens is 723 g/mol. The lowest BCUT2D eigenvalue weighted by Crippen LogP contribution is -2.63. The Morgan fingerprint density at radius 3 is 1.98 bits per heavy atom. The van der Waals surface area contributed by atoms with Crippen LogP contribution in [0.2, 0.25) is 0 Å². The molecule has 0 bridgehead atoms. The Hall–Kier alpha value is -3.83. The summed E-state index contributed by atoms with van der Waals surface area (Å²) in [4.78, 5) is 92.9. The van der Waals surface area contributed by atoms with Gasteiger partial charge in [0.05, 0.1) is 11.9 Å². The largest absolute Gasteiger partial charge is 0.381 e. The van der Waals surface area contributed by atoms with Gasteiger partial charge in [0.2, 0.25) is 35.4 Å². The van der Waals surface area contributed by atoms with Crippen LogP contribution >= 0.6 is 23.5 Å². The smallest absolute Gasteiger partial charge is 0.254 e. The average molecular weight is 780 g/mol. The number of nitrogens with one attached hydrogen (secondary N) is 5. The van der Waals surface area contributed by atoms with E-state index in [0.717, 1.165) is 0 Å². The fourth-order valence-corrected chi connectivity index (χ4v) is 7.48. The van der Waals surface area contributed by atoms with Gasteiger partial charge >= 0.3 is 0 Å². The molecular formula is C36H57N7O8S2. The summed E-state index contributed by atoms with van der Waals surface area (Å²) in [5.41, 5.74) is 6.23. The van der Waals surface area contributed by atoms with Crippen molar-refractivity contribution in [1.82, 2.24) is 31.5 Å². The third-order valence-electron chi connectivity index (χ3n) is 8.91. The minimum atomic E-state index is -1.82. The first-order valence-electron chi connectivity index (χ1n) is 17.6. The van der Waals surface area contributed by atoms with E-state index in [2.05, 4.69) is 26.6 Å². The lowest BCUT2D eigenvalue weighted by atomic mass is 9.95. The van der Waals surface area contributed by atoms with Crippen LogP contribution in [0.5, 0.6) is 0 Å². The Morgan fingerprint density at radius 2 is 1.45 bits per heavy atom. The Labute approximate surface area is 320 Å². The summed E-state index contributed by atoms with van der Waals surface area (Å²) < 4.78 is -0.846. The van der Waals surface area contributed by atoms with Crippen molar-refractivity contribution < 1.29 is 38.7 Å². The molecule has 1 aliphatic rings. The Balaban J connectivity index is 2.38. The summed E-state index contributed by atoms with van der Waals surface area (Å²) >= 11 is 2.81. The molecule has 53 heavy (non-hydrogen) atoms.